The van der Waals surface area contributed by atoms with Gasteiger partial charge in [-0.05, 0) is 56.0 Å². The molecule has 2 aliphatic heterocycles. The molecule has 0 radical (unpaired) electrons. The lowest BCUT2D eigenvalue weighted by Crippen LogP contribution is -2.35. The van der Waals surface area contributed by atoms with Crippen molar-refractivity contribution < 1.29 is 33.0 Å². The molecule has 2 N–H and O–H groups in total. The molecule has 3 heterocycles. The van der Waals surface area contributed by atoms with Gasteiger partial charge in [-0.15, -0.1) is 0 Å². The van der Waals surface area contributed by atoms with Crippen molar-refractivity contribution in [2.45, 2.75) is 44.9 Å². The van der Waals surface area contributed by atoms with E-state index in [0.717, 1.165) is 67.2 Å². The quantitative estimate of drug-likeness (QED) is 0.431. The van der Waals surface area contributed by atoms with Crippen LogP contribution in [0.5, 0.6) is 0 Å². The lowest BCUT2D eigenvalue weighted by molar-refractivity contribution is -0.159. The molecule has 11 heteroatoms. The fourth-order valence-corrected chi connectivity index (χ4v) is 5.51. The first kappa shape index (κ1) is 30.2. The van der Waals surface area contributed by atoms with E-state index in [2.05, 4.69) is 47.7 Å². The third-order valence-corrected chi connectivity index (χ3v) is 7.93. The molecule has 41 heavy (non-hydrogen) atoms. The summed E-state index contributed by atoms with van der Waals surface area (Å²) in [5.74, 6) is -2.67. The summed E-state index contributed by atoms with van der Waals surface area (Å²) >= 11 is 0. The topological polar surface area (TPSA) is 139 Å². The molecule has 2 aromatic carbocycles. The number of likely N-dealkylation sites (tertiary alicyclic amines) is 1. The van der Waals surface area contributed by atoms with Crippen molar-refractivity contribution in [1.29, 1.82) is 0 Å². The van der Waals surface area contributed by atoms with Crippen LogP contribution in [0.1, 0.15) is 47.2 Å². The van der Waals surface area contributed by atoms with Gasteiger partial charge in [0.1, 0.15) is 11.9 Å². The number of ether oxygens (including phenoxy) is 1. The van der Waals surface area contributed by atoms with Crippen molar-refractivity contribution >= 4 is 27.9 Å². The third kappa shape index (κ3) is 7.69. The van der Waals surface area contributed by atoms with Crippen LogP contribution in [0, 0.1) is 6.92 Å². The van der Waals surface area contributed by atoms with E-state index < -0.39 is 21.8 Å². The summed E-state index contributed by atoms with van der Waals surface area (Å²) in [4.78, 5) is 25.7. The average Bonchev–Trinajstić information content (AvgIpc) is 3.17. The van der Waals surface area contributed by atoms with Crippen molar-refractivity contribution in [3.63, 3.8) is 0 Å². The SMILES string of the molecule is Cc1c(-c2ccc(C=CS(C)(=O)=O)cc2)nc2n1CCc1ccccc1C2OC1CCN(C)CC1.O=C(O)C(=O)O. The van der Waals surface area contributed by atoms with E-state index >= 15 is 0 Å². The number of rotatable bonds is 5. The van der Waals surface area contributed by atoms with E-state index in [9.17, 15) is 8.42 Å². The fourth-order valence-electron chi connectivity index (χ4n) is 5.10. The summed E-state index contributed by atoms with van der Waals surface area (Å²) < 4.78 is 32.0. The van der Waals surface area contributed by atoms with Crippen molar-refractivity contribution in [2.75, 3.05) is 26.4 Å². The number of sulfone groups is 1. The zero-order chi connectivity index (χ0) is 29.7. The average molecular weight is 582 g/mol. The summed E-state index contributed by atoms with van der Waals surface area (Å²) in [5, 5.41) is 16.0. The van der Waals surface area contributed by atoms with Gasteiger partial charge in [-0.25, -0.2) is 23.0 Å². The van der Waals surface area contributed by atoms with E-state index in [-0.39, 0.29) is 12.2 Å². The smallest absolute Gasteiger partial charge is 0.414 e. The van der Waals surface area contributed by atoms with Crippen molar-refractivity contribution in [3.8, 4) is 11.3 Å². The van der Waals surface area contributed by atoms with Crippen LogP contribution in [0.2, 0.25) is 0 Å². The van der Waals surface area contributed by atoms with Gasteiger partial charge >= 0.3 is 11.9 Å². The summed E-state index contributed by atoms with van der Waals surface area (Å²) in [6.07, 6.45) is 5.86. The van der Waals surface area contributed by atoms with Gasteiger partial charge in [0.15, 0.2) is 9.84 Å². The highest BCUT2D eigenvalue weighted by molar-refractivity contribution is 7.93. The number of hydrogen-bond acceptors (Lipinski definition) is 7. The molecule has 1 atom stereocenters. The first-order chi connectivity index (χ1) is 19.4. The first-order valence-electron chi connectivity index (χ1n) is 13.4. The number of aryl methyl sites for hydroxylation is 1. The Morgan fingerprint density at radius 3 is 2.24 bits per heavy atom. The molecule has 1 saturated heterocycles. The Kier molecular flexibility index (Phi) is 9.42. The van der Waals surface area contributed by atoms with Crippen LogP contribution >= 0.6 is 0 Å². The lowest BCUT2D eigenvalue weighted by atomic mass is 9.99. The molecule has 1 unspecified atom stereocenters. The molecule has 0 spiro atoms. The molecule has 0 saturated carbocycles. The largest absolute Gasteiger partial charge is 0.473 e. The van der Waals surface area contributed by atoms with Crippen LogP contribution in [0.15, 0.2) is 53.9 Å². The van der Waals surface area contributed by atoms with Crippen LogP contribution in [0.3, 0.4) is 0 Å². The summed E-state index contributed by atoms with van der Waals surface area (Å²) in [7, 11) is -0.987. The van der Waals surface area contributed by atoms with Crippen LogP contribution in [-0.2, 0) is 37.1 Å². The number of aliphatic carboxylic acids is 2. The van der Waals surface area contributed by atoms with Gasteiger partial charge in [0.05, 0.1) is 11.8 Å². The number of carboxylic acid groups (broad SMARTS) is 2. The predicted molar refractivity (Wildman–Crippen MR) is 155 cm³/mol. The number of aromatic nitrogens is 2. The summed E-state index contributed by atoms with van der Waals surface area (Å²) in [6, 6.07) is 16.5. The predicted octanol–water partition coefficient (Wildman–Crippen LogP) is 3.79. The molecular formula is C30H35N3O7S. The Labute approximate surface area is 239 Å². The highest BCUT2D eigenvalue weighted by Crippen LogP contribution is 2.37. The van der Waals surface area contributed by atoms with Gasteiger partial charge in [-0.1, -0.05) is 48.5 Å². The number of carbonyl (C=O) groups is 2. The fraction of sp³-hybridized carbons (Fsp3) is 0.367. The number of carboxylic acids is 2. The number of imidazole rings is 1. The Hall–Kier alpha value is -3.80. The van der Waals surface area contributed by atoms with Crippen LogP contribution in [0.4, 0.5) is 0 Å². The van der Waals surface area contributed by atoms with Crippen LogP contribution in [-0.4, -0.2) is 77.5 Å². The van der Waals surface area contributed by atoms with Crippen molar-refractivity contribution in [1.82, 2.24) is 14.5 Å². The van der Waals surface area contributed by atoms with Gasteiger partial charge < -0.3 is 24.4 Å². The zero-order valence-electron chi connectivity index (χ0n) is 23.4. The Bertz CT molecular complexity index is 1520. The van der Waals surface area contributed by atoms with Crippen molar-refractivity contribution in [2.24, 2.45) is 0 Å². The molecule has 5 rings (SSSR count). The maximum absolute atomic E-state index is 11.4. The van der Waals surface area contributed by atoms with Gasteiger partial charge in [0.25, 0.3) is 0 Å². The maximum atomic E-state index is 11.4. The highest BCUT2D eigenvalue weighted by Gasteiger charge is 2.32. The molecule has 0 aliphatic carbocycles. The molecule has 1 fully saturated rings. The van der Waals surface area contributed by atoms with E-state index in [4.69, 9.17) is 29.5 Å². The first-order valence-corrected chi connectivity index (χ1v) is 15.3. The Balaban J connectivity index is 0.000000585. The van der Waals surface area contributed by atoms with Gasteiger partial charge in [-0.2, -0.15) is 0 Å². The number of benzene rings is 2. The Morgan fingerprint density at radius 2 is 1.63 bits per heavy atom. The molecule has 0 bridgehead atoms. The lowest BCUT2D eigenvalue weighted by Gasteiger charge is -2.32. The van der Waals surface area contributed by atoms with Gasteiger partial charge in [-0.3, -0.25) is 0 Å². The minimum Gasteiger partial charge on any atom is -0.473 e. The van der Waals surface area contributed by atoms with Crippen LogP contribution < -0.4 is 0 Å². The van der Waals surface area contributed by atoms with E-state index in [0.29, 0.717) is 0 Å². The minimum atomic E-state index is -3.16. The second-order valence-corrected chi connectivity index (χ2v) is 12.3. The number of nitrogens with zero attached hydrogens (tertiary/aromatic N) is 3. The third-order valence-electron chi connectivity index (χ3n) is 7.30. The number of hydrogen-bond donors (Lipinski definition) is 2. The molecular weight excluding hydrogens is 546 g/mol. The maximum Gasteiger partial charge on any atom is 0.414 e. The molecule has 10 nitrogen and oxygen atoms in total. The van der Waals surface area contributed by atoms with E-state index in [1.54, 1.807) is 6.08 Å². The second-order valence-electron chi connectivity index (χ2n) is 10.4. The Morgan fingerprint density at radius 1 is 1.00 bits per heavy atom. The number of fused-ring (bicyclic) bond motifs is 2. The summed E-state index contributed by atoms with van der Waals surface area (Å²) in [6.45, 7) is 5.11. The van der Waals surface area contributed by atoms with E-state index in [1.807, 2.05) is 24.3 Å². The highest BCUT2D eigenvalue weighted by atomic mass is 32.2. The molecule has 3 aromatic rings. The van der Waals surface area contributed by atoms with Gasteiger partial charge in [0.2, 0.25) is 0 Å². The molecule has 218 valence electrons. The molecule has 0 amide bonds. The van der Waals surface area contributed by atoms with Gasteiger partial charge in [0, 0.05) is 42.6 Å². The number of piperidine rings is 1. The molecule has 1 aromatic heterocycles. The van der Waals surface area contributed by atoms with Crippen LogP contribution in [0.25, 0.3) is 17.3 Å². The van der Waals surface area contributed by atoms with E-state index in [1.165, 1.54) is 22.8 Å². The molecule has 2 aliphatic rings. The standard InChI is InChI=1S/C28H33N3O3S.C2H2O4/c1-20-26(23-10-8-21(9-11-23)15-19-35(3,32)33)29-28-27(34-24-13-16-30(2)17-14-24)25-7-5-4-6-22(25)12-18-31(20)28;3-1(4)2(5)6/h4-11,15,19,24,27H,12-14,16-18H2,1-3H3;(H,3,4)(H,5,6). The zero-order valence-corrected chi connectivity index (χ0v) is 24.2. The monoisotopic (exact) mass is 581 g/mol. The summed E-state index contributed by atoms with van der Waals surface area (Å²) in [5.41, 5.74) is 6.50. The minimum absolute atomic E-state index is 0.188. The normalized spacial score (nSPS) is 17.7. The van der Waals surface area contributed by atoms with Crippen molar-refractivity contribution in [3.05, 3.63) is 82.1 Å². The second kappa shape index (κ2) is 12.8.